The third-order valence-electron chi connectivity index (χ3n) is 4.77. The number of carbonyl (C=O) groups is 2. The van der Waals surface area contributed by atoms with Crippen LogP contribution in [0.1, 0.15) is 17.2 Å². The van der Waals surface area contributed by atoms with Crippen molar-refractivity contribution in [1.82, 2.24) is 14.8 Å². The number of halogens is 1. The van der Waals surface area contributed by atoms with Crippen molar-refractivity contribution in [2.45, 2.75) is 6.04 Å². The number of hydrogen-bond donors (Lipinski definition) is 1. The van der Waals surface area contributed by atoms with Gasteiger partial charge in [0.05, 0.1) is 24.3 Å². The third kappa shape index (κ3) is 3.97. The number of rotatable bonds is 6. The number of ether oxygens (including phenoxy) is 1. The van der Waals surface area contributed by atoms with E-state index in [1.54, 1.807) is 24.5 Å². The maximum Gasteiger partial charge on any atom is 0.295 e. The van der Waals surface area contributed by atoms with Crippen LogP contribution in [0.25, 0.3) is 5.76 Å². The molecule has 8 heteroatoms. The van der Waals surface area contributed by atoms with Crippen LogP contribution in [0.4, 0.5) is 4.39 Å². The Labute approximate surface area is 168 Å². The normalized spacial score (nSPS) is 18.5. The molecule has 152 valence electrons. The Bertz CT molecular complexity index is 960. The summed E-state index contributed by atoms with van der Waals surface area (Å²) < 4.78 is 19.0. The Morgan fingerprint density at radius 1 is 1.24 bits per heavy atom. The molecule has 0 spiro atoms. The van der Waals surface area contributed by atoms with Gasteiger partial charge in [-0.1, -0.05) is 0 Å². The smallest absolute Gasteiger partial charge is 0.295 e. The van der Waals surface area contributed by atoms with E-state index in [9.17, 15) is 19.1 Å². The molecule has 1 atom stereocenters. The second-order valence-corrected chi connectivity index (χ2v) is 6.92. The van der Waals surface area contributed by atoms with Crippen LogP contribution in [0.3, 0.4) is 0 Å². The van der Waals surface area contributed by atoms with Crippen LogP contribution in [-0.4, -0.2) is 65.9 Å². The number of likely N-dealkylation sites (N-methyl/N-ethyl adjacent to an activating group) is 1. The molecule has 2 heterocycles. The van der Waals surface area contributed by atoms with Crippen LogP contribution in [0.5, 0.6) is 5.75 Å². The largest absolute Gasteiger partial charge is 0.507 e. The van der Waals surface area contributed by atoms with Crippen molar-refractivity contribution < 1.29 is 23.8 Å². The summed E-state index contributed by atoms with van der Waals surface area (Å²) in [5.41, 5.74) is 0.524. The molecule has 29 heavy (non-hydrogen) atoms. The fourth-order valence-corrected chi connectivity index (χ4v) is 3.32. The van der Waals surface area contributed by atoms with Crippen LogP contribution in [0, 0.1) is 5.82 Å². The van der Waals surface area contributed by atoms with E-state index < -0.39 is 29.3 Å². The summed E-state index contributed by atoms with van der Waals surface area (Å²) in [4.78, 5) is 32.9. The molecule has 3 rings (SSSR count). The Morgan fingerprint density at radius 3 is 2.55 bits per heavy atom. The number of ketones is 1. The van der Waals surface area contributed by atoms with E-state index in [4.69, 9.17) is 4.74 Å². The van der Waals surface area contributed by atoms with Crippen molar-refractivity contribution in [3.8, 4) is 5.75 Å². The number of likely N-dealkylation sites (tertiary alicyclic amines) is 1. The van der Waals surface area contributed by atoms with Gasteiger partial charge in [-0.15, -0.1) is 0 Å². The molecule has 1 aliphatic heterocycles. The van der Waals surface area contributed by atoms with Crippen LogP contribution in [0.2, 0.25) is 0 Å². The van der Waals surface area contributed by atoms with E-state index in [0.717, 1.165) is 6.07 Å². The Hall–Kier alpha value is -3.26. The van der Waals surface area contributed by atoms with E-state index in [1.165, 1.54) is 24.1 Å². The monoisotopic (exact) mass is 399 g/mol. The lowest BCUT2D eigenvalue weighted by atomic mass is 9.95. The van der Waals surface area contributed by atoms with Gasteiger partial charge in [-0.05, 0) is 50.0 Å². The number of aliphatic hydroxyl groups excluding tert-OH is 1. The molecule has 2 aromatic rings. The maximum atomic E-state index is 13.8. The van der Waals surface area contributed by atoms with Crippen molar-refractivity contribution >= 4 is 17.4 Å². The summed E-state index contributed by atoms with van der Waals surface area (Å²) >= 11 is 0. The van der Waals surface area contributed by atoms with Crippen LogP contribution >= 0.6 is 0 Å². The van der Waals surface area contributed by atoms with E-state index in [1.807, 2.05) is 19.0 Å². The van der Waals surface area contributed by atoms with Crippen molar-refractivity contribution in [3.05, 3.63) is 65.2 Å². The average molecular weight is 399 g/mol. The minimum atomic E-state index is -0.825. The minimum Gasteiger partial charge on any atom is -0.507 e. The molecule has 1 aromatic carbocycles. The number of aromatic nitrogens is 1. The van der Waals surface area contributed by atoms with E-state index in [2.05, 4.69) is 4.98 Å². The third-order valence-corrected chi connectivity index (χ3v) is 4.77. The Balaban J connectivity index is 2.19. The minimum absolute atomic E-state index is 0.0113. The van der Waals surface area contributed by atoms with Gasteiger partial charge in [0, 0.05) is 25.5 Å². The molecule has 1 aromatic heterocycles. The highest BCUT2D eigenvalue weighted by Gasteiger charge is 2.46. The van der Waals surface area contributed by atoms with Crippen LogP contribution in [-0.2, 0) is 9.59 Å². The van der Waals surface area contributed by atoms with Crippen molar-refractivity contribution in [2.75, 3.05) is 34.3 Å². The van der Waals surface area contributed by atoms with Gasteiger partial charge >= 0.3 is 0 Å². The lowest BCUT2D eigenvalue weighted by molar-refractivity contribution is -0.140. The second kappa shape index (κ2) is 8.40. The molecular weight excluding hydrogens is 377 g/mol. The lowest BCUT2D eigenvalue weighted by Crippen LogP contribution is -2.35. The molecule has 1 N–H and O–H groups in total. The fourth-order valence-electron chi connectivity index (χ4n) is 3.32. The first kappa shape index (κ1) is 20.5. The summed E-state index contributed by atoms with van der Waals surface area (Å²) in [5.74, 6) is -2.43. The topological polar surface area (TPSA) is 83.0 Å². The molecular formula is C21H22FN3O4. The van der Waals surface area contributed by atoms with Crippen molar-refractivity contribution in [2.24, 2.45) is 0 Å². The number of hydrogen-bond acceptors (Lipinski definition) is 6. The summed E-state index contributed by atoms with van der Waals surface area (Å²) in [6.45, 7) is 0.805. The molecule has 0 saturated carbocycles. The highest BCUT2D eigenvalue weighted by Crippen LogP contribution is 2.40. The van der Waals surface area contributed by atoms with Crippen molar-refractivity contribution in [3.63, 3.8) is 0 Å². The van der Waals surface area contributed by atoms with Gasteiger partial charge in [0.25, 0.3) is 11.7 Å². The van der Waals surface area contributed by atoms with E-state index in [0.29, 0.717) is 12.1 Å². The first-order chi connectivity index (χ1) is 13.8. The molecule has 1 fully saturated rings. The zero-order chi connectivity index (χ0) is 21.1. The fraction of sp³-hybridized carbons (Fsp3) is 0.286. The molecule has 1 unspecified atom stereocenters. The van der Waals surface area contributed by atoms with Crippen molar-refractivity contribution in [1.29, 1.82) is 0 Å². The van der Waals surface area contributed by atoms with Crippen LogP contribution < -0.4 is 4.74 Å². The van der Waals surface area contributed by atoms with E-state index in [-0.39, 0.29) is 23.4 Å². The number of aliphatic hydroxyl groups is 1. The predicted octanol–water partition coefficient (Wildman–Crippen LogP) is 2.21. The molecule has 0 radical (unpaired) electrons. The van der Waals surface area contributed by atoms with E-state index >= 15 is 0 Å². The predicted molar refractivity (Wildman–Crippen MR) is 105 cm³/mol. The molecule has 0 bridgehead atoms. The number of amides is 1. The highest BCUT2D eigenvalue weighted by atomic mass is 19.1. The van der Waals surface area contributed by atoms with Gasteiger partial charge in [0.1, 0.15) is 17.3 Å². The van der Waals surface area contributed by atoms with Gasteiger partial charge in [-0.3, -0.25) is 14.6 Å². The molecule has 1 amide bonds. The number of benzene rings is 1. The molecule has 1 aliphatic rings. The molecule has 1 saturated heterocycles. The summed E-state index contributed by atoms with van der Waals surface area (Å²) in [7, 11) is 5.09. The first-order valence-electron chi connectivity index (χ1n) is 9.02. The second-order valence-electron chi connectivity index (χ2n) is 6.92. The number of nitrogens with zero attached hydrogens (tertiary/aromatic N) is 3. The Kier molecular flexibility index (Phi) is 5.93. The number of Topliss-reactive ketones (excluding diaryl/α,β-unsaturated/α-hetero) is 1. The zero-order valence-corrected chi connectivity index (χ0v) is 16.4. The summed E-state index contributed by atoms with van der Waals surface area (Å²) in [6.07, 6.45) is 3.09. The van der Waals surface area contributed by atoms with Gasteiger partial charge in [0.15, 0.2) is 0 Å². The van der Waals surface area contributed by atoms with Gasteiger partial charge in [-0.25, -0.2) is 4.39 Å². The number of methoxy groups -OCH3 is 1. The molecule has 0 aliphatic carbocycles. The van der Waals surface area contributed by atoms with Gasteiger partial charge in [-0.2, -0.15) is 0 Å². The van der Waals surface area contributed by atoms with Crippen LogP contribution in [0.15, 0.2) is 48.3 Å². The zero-order valence-electron chi connectivity index (χ0n) is 16.4. The van der Waals surface area contributed by atoms with Gasteiger partial charge < -0.3 is 19.6 Å². The highest BCUT2D eigenvalue weighted by molar-refractivity contribution is 6.46. The maximum absolute atomic E-state index is 13.8. The standard InChI is InChI=1S/C21H22FN3O4/c1-24(2)10-11-25-18(13-6-8-23-9-7-13)17(20(27)21(25)28)19(26)15-12-14(22)4-5-16(15)29-3/h4-9,12,18,26H,10-11H2,1-3H3/b19-17+. The van der Waals surface area contributed by atoms with Gasteiger partial charge in [0.2, 0.25) is 0 Å². The quantitative estimate of drug-likeness (QED) is 0.456. The number of pyridine rings is 1. The summed E-state index contributed by atoms with van der Waals surface area (Å²) in [6, 6.07) is 6.15. The lowest BCUT2D eigenvalue weighted by Gasteiger charge is -2.26. The Morgan fingerprint density at radius 2 is 1.93 bits per heavy atom. The summed E-state index contributed by atoms with van der Waals surface area (Å²) in [5, 5.41) is 11.0. The SMILES string of the molecule is COc1ccc(F)cc1/C(O)=C1\C(=O)C(=O)N(CCN(C)C)C1c1ccncc1. The first-order valence-corrected chi connectivity index (χ1v) is 9.02. The average Bonchev–Trinajstić information content (AvgIpc) is 2.97. The molecule has 7 nitrogen and oxygen atoms in total. The number of carbonyl (C=O) groups excluding carboxylic acids is 2.